The van der Waals surface area contributed by atoms with Crippen molar-refractivity contribution in [3.63, 3.8) is 0 Å². The van der Waals surface area contributed by atoms with Crippen LogP contribution in [0.2, 0.25) is 0 Å². The lowest BCUT2D eigenvalue weighted by atomic mass is 10.3. The first-order valence-corrected chi connectivity index (χ1v) is 6.64. The third-order valence-corrected chi connectivity index (χ3v) is 3.32. The van der Waals surface area contributed by atoms with E-state index in [4.69, 9.17) is 0 Å². The smallest absolute Gasteiger partial charge is 0.0762 e. The minimum Gasteiger partial charge on any atom is -0.308 e. The van der Waals surface area contributed by atoms with Gasteiger partial charge in [0.25, 0.3) is 0 Å². The summed E-state index contributed by atoms with van der Waals surface area (Å²) < 4.78 is 2.16. The first-order valence-electron chi connectivity index (χ1n) is 6.64. The first kappa shape index (κ1) is 12.4. The molecule has 0 atom stereocenters. The summed E-state index contributed by atoms with van der Waals surface area (Å²) in [4.78, 5) is 0. The Balaban J connectivity index is 1.79. The van der Waals surface area contributed by atoms with Gasteiger partial charge in [-0.3, -0.25) is 4.68 Å². The summed E-state index contributed by atoms with van der Waals surface area (Å²) in [5.74, 6) is 0. The molecule has 3 heteroatoms. The third-order valence-electron chi connectivity index (χ3n) is 3.32. The second-order valence-corrected chi connectivity index (χ2v) is 5.14. The number of allylic oxidation sites excluding steroid dienone is 1. The number of nitrogens with one attached hydrogen (secondary N) is 1. The molecule has 2 rings (SSSR count). The molecule has 1 aromatic rings. The highest BCUT2D eigenvalue weighted by Gasteiger charge is 2.17. The van der Waals surface area contributed by atoms with Crippen molar-refractivity contribution in [3.8, 4) is 0 Å². The zero-order valence-corrected chi connectivity index (χ0v) is 10.9. The topological polar surface area (TPSA) is 29.9 Å². The van der Waals surface area contributed by atoms with Crippen LogP contribution in [0.15, 0.2) is 23.9 Å². The van der Waals surface area contributed by atoms with Crippen LogP contribution in [0.1, 0.15) is 51.3 Å². The van der Waals surface area contributed by atoms with E-state index in [1.807, 2.05) is 0 Å². The molecule has 0 unspecified atom stereocenters. The molecule has 0 radical (unpaired) electrons. The number of hydrogen-bond acceptors (Lipinski definition) is 2. The van der Waals surface area contributed by atoms with Crippen molar-refractivity contribution in [1.29, 1.82) is 0 Å². The Labute approximate surface area is 104 Å². The molecule has 0 aromatic carbocycles. The molecule has 1 fully saturated rings. The van der Waals surface area contributed by atoms with Crippen LogP contribution in [0, 0.1) is 0 Å². The molecule has 0 spiro atoms. The highest BCUT2D eigenvalue weighted by atomic mass is 15.3. The zero-order chi connectivity index (χ0) is 12.1. The molecule has 1 saturated carbocycles. The molecule has 1 heterocycles. The van der Waals surface area contributed by atoms with Gasteiger partial charge < -0.3 is 5.32 Å². The van der Waals surface area contributed by atoms with E-state index in [0.717, 1.165) is 18.8 Å². The van der Waals surface area contributed by atoms with Gasteiger partial charge in [-0.1, -0.05) is 24.5 Å². The van der Waals surface area contributed by atoms with E-state index < -0.39 is 0 Å². The minimum atomic E-state index is 0.654. The van der Waals surface area contributed by atoms with Crippen molar-refractivity contribution >= 4 is 0 Å². The van der Waals surface area contributed by atoms with Crippen LogP contribution in [0.5, 0.6) is 0 Å². The molecule has 0 amide bonds. The monoisotopic (exact) mass is 233 g/mol. The predicted molar refractivity (Wildman–Crippen MR) is 70.9 cm³/mol. The van der Waals surface area contributed by atoms with Gasteiger partial charge in [-0.25, -0.2) is 0 Å². The molecule has 0 saturated heterocycles. The Morgan fingerprint density at radius 1 is 1.47 bits per heavy atom. The molecule has 94 valence electrons. The number of hydrogen-bond donors (Lipinski definition) is 1. The van der Waals surface area contributed by atoms with E-state index in [-0.39, 0.29) is 0 Å². The minimum absolute atomic E-state index is 0.654. The Morgan fingerprint density at radius 3 is 2.94 bits per heavy atom. The quantitative estimate of drug-likeness (QED) is 0.625. The van der Waals surface area contributed by atoms with Gasteiger partial charge in [0.2, 0.25) is 0 Å². The van der Waals surface area contributed by atoms with Crippen molar-refractivity contribution in [3.05, 3.63) is 29.6 Å². The molecule has 17 heavy (non-hydrogen) atoms. The fraction of sp³-hybridized carbons (Fsp3) is 0.643. The summed E-state index contributed by atoms with van der Waals surface area (Å²) in [6.45, 7) is 6.04. The largest absolute Gasteiger partial charge is 0.308 e. The lowest BCUT2D eigenvalue weighted by molar-refractivity contribution is 0.461. The molecule has 3 nitrogen and oxygen atoms in total. The van der Waals surface area contributed by atoms with Crippen molar-refractivity contribution in [2.75, 3.05) is 6.54 Å². The molecule has 0 aliphatic heterocycles. The van der Waals surface area contributed by atoms with Gasteiger partial charge >= 0.3 is 0 Å². The number of nitrogens with zero attached hydrogens (tertiary/aromatic N) is 2. The maximum atomic E-state index is 4.64. The van der Waals surface area contributed by atoms with Crippen LogP contribution in [0.3, 0.4) is 0 Å². The SMILES string of the molecule is CC(C)=CCNCc1ccn(C2CCCC2)n1. The van der Waals surface area contributed by atoms with Gasteiger partial charge in [-0.15, -0.1) is 0 Å². The predicted octanol–water partition coefficient (Wildman–Crippen LogP) is 3.05. The lowest BCUT2D eigenvalue weighted by Gasteiger charge is -2.08. The third kappa shape index (κ3) is 3.70. The van der Waals surface area contributed by atoms with Gasteiger partial charge in [0.15, 0.2) is 0 Å². The normalized spacial score (nSPS) is 16.4. The molecular formula is C14H23N3. The van der Waals surface area contributed by atoms with Crippen molar-refractivity contribution in [2.45, 2.75) is 52.1 Å². The van der Waals surface area contributed by atoms with E-state index >= 15 is 0 Å². The molecule has 1 aromatic heterocycles. The van der Waals surface area contributed by atoms with Crippen molar-refractivity contribution < 1.29 is 0 Å². The number of rotatable bonds is 5. The van der Waals surface area contributed by atoms with Crippen LogP contribution in [0.25, 0.3) is 0 Å². The van der Waals surface area contributed by atoms with Crippen LogP contribution in [0.4, 0.5) is 0 Å². The van der Waals surface area contributed by atoms with E-state index in [2.05, 4.69) is 47.3 Å². The fourth-order valence-electron chi connectivity index (χ4n) is 2.32. The Morgan fingerprint density at radius 2 is 2.24 bits per heavy atom. The fourth-order valence-corrected chi connectivity index (χ4v) is 2.32. The summed E-state index contributed by atoms with van der Waals surface area (Å²) >= 11 is 0. The average molecular weight is 233 g/mol. The van der Waals surface area contributed by atoms with Crippen LogP contribution in [-0.2, 0) is 6.54 Å². The van der Waals surface area contributed by atoms with Crippen molar-refractivity contribution in [1.82, 2.24) is 15.1 Å². The summed E-state index contributed by atoms with van der Waals surface area (Å²) in [5.41, 5.74) is 2.51. The van der Waals surface area contributed by atoms with E-state index in [0.29, 0.717) is 6.04 Å². The summed E-state index contributed by atoms with van der Waals surface area (Å²) in [6.07, 6.45) is 9.65. The van der Waals surface area contributed by atoms with Crippen LogP contribution < -0.4 is 5.32 Å². The molecule has 1 aliphatic carbocycles. The molecular weight excluding hydrogens is 210 g/mol. The second-order valence-electron chi connectivity index (χ2n) is 5.14. The molecule has 1 N–H and O–H groups in total. The van der Waals surface area contributed by atoms with Gasteiger partial charge in [0, 0.05) is 19.3 Å². The lowest BCUT2D eigenvalue weighted by Crippen LogP contribution is -2.14. The summed E-state index contributed by atoms with van der Waals surface area (Å²) in [7, 11) is 0. The van der Waals surface area contributed by atoms with Crippen LogP contribution in [-0.4, -0.2) is 16.3 Å². The summed E-state index contributed by atoms with van der Waals surface area (Å²) in [5, 5.41) is 8.03. The van der Waals surface area contributed by atoms with Gasteiger partial charge in [-0.2, -0.15) is 5.10 Å². The maximum Gasteiger partial charge on any atom is 0.0762 e. The number of aromatic nitrogens is 2. The second kappa shape index (κ2) is 6.01. The van der Waals surface area contributed by atoms with Gasteiger partial charge in [0.1, 0.15) is 0 Å². The van der Waals surface area contributed by atoms with E-state index in [1.54, 1.807) is 0 Å². The highest BCUT2D eigenvalue weighted by Crippen LogP contribution is 2.28. The zero-order valence-electron chi connectivity index (χ0n) is 10.9. The standard InChI is InChI=1S/C14H23N3/c1-12(2)7-9-15-11-13-8-10-17(16-13)14-5-3-4-6-14/h7-8,10,14-15H,3-6,9,11H2,1-2H3. The highest BCUT2D eigenvalue weighted by molar-refractivity contribution is 5.01. The van der Waals surface area contributed by atoms with Gasteiger partial charge in [-0.05, 0) is 32.8 Å². The van der Waals surface area contributed by atoms with E-state index in [9.17, 15) is 0 Å². The van der Waals surface area contributed by atoms with Gasteiger partial charge in [0.05, 0.1) is 11.7 Å². The Kier molecular flexibility index (Phi) is 4.37. The summed E-state index contributed by atoms with van der Waals surface area (Å²) in [6, 6.07) is 2.79. The first-order chi connectivity index (χ1) is 8.25. The van der Waals surface area contributed by atoms with Crippen LogP contribution >= 0.6 is 0 Å². The van der Waals surface area contributed by atoms with E-state index in [1.165, 1.54) is 31.3 Å². The van der Waals surface area contributed by atoms with Crippen molar-refractivity contribution in [2.24, 2.45) is 0 Å². The Bertz CT molecular complexity index is 369. The Hall–Kier alpha value is -1.09. The molecule has 0 bridgehead atoms. The maximum absolute atomic E-state index is 4.64. The average Bonchev–Trinajstić information content (AvgIpc) is 2.94. The molecule has 1 aliphatic rings.